The molecule has 21 heavy (non-hydrogen) atoms. The summed E-state index contributed by atoms with van der Waals surface area (Å²) in [4.78, 5) is 10.4. The number of thiophene rings is 1. The number of hydrogen-bond acceptors (Lipinski definition) is 6. The van der Waals surface area contributed by atoms with E-state index in [2.05, 4.69) is 5.32 Å². The number of nitrogens with zero attached hydrogens (tertiary/aromatic N) is 1. The number of sulfone groups is 1. The molecule has 0 bridgehead atoms. The van der Waals surface area contributed by atoms with Gasteiger partial charge in [0.15, 0.2) is 9.84 Å². The smallest absolute Gasteiger partial charge is 0.324 e. The van der Waals surface area contributed by atoms with Crippen LogP contribution >= 0.6 is 11.3 Å². The second-order valence-electron chi connectivity index (χ2n) is 4.65. The van der Waals surface area contributed by atoms with Crippen molar-refractivity contribution in [2.75, 3.05) is 11.6 Å². The lowest BCUT2D eigenvalue weighted by molar-refractivity contribution is -0.380. The molecule has 0 fully saturated rings. The highest BCUT2D eigenvalue weighted by Crippen LogP contribution is 2.25. The standard InChI is InChI=1S/C13H14N2O4S2/c1-9-3-4-11(21(2,18)19)6-12(9)14-7-10-5-13(15(16)17)20-8-10/h3-6,8,14H,7H2,1-2H3. The highest BCUT2D eigenvalue weighted by atomic mass is 32.2. The average molecular weight is 326 g/mol. The molecule has 0 radical (unpaired) electrons. The normalized spacial score (nSPS) is 11.3. The molecule has 0 amide bonds. The highest BCUT2D eigenvalue weighted by molar-refractivity contribution is 7.90. The van der Waals surface area contributed by atoms with Crippen molar-refractivity contribution >= 4 is 31.9 Å². The Hall–Kier alpha value is -1.93. The lowest BCUT2D eigenvalue weighted by atomic mass is 10.2. The van der Waals surface area contributed by atoms with Gasteiger partial charge in [-0.15, -0.1) is 0 Å². The first-order valence-electron chi connectivity index (χ1n) is 6.04. The third-order valence-corrected chi connectivity index (χ3v) is 4.98. The fourth-order valence-electron chi connectivity index (χ4n) is 1.77. The molecule has 2 rings (SSSR count). The lowest BCUT2D eigenvalue weighted by Gasteiger charge is -2.10. The van der Waals surface area contributed by atoms with E-state index in [-0.39, 0.29) is 9.90 Å². The summed E-state index contributed by atoms with van der Waals surface area (Å²) in [6.45, 7) is 2.27. The summed E-state index contributed by atoms with van der Waals surface area (Å²) in [7, 11) is -3.26. The third-order valence-electron chi connectivity index (χ3n) is 2.94. The van der Waals surface area contributed by atoms with Gasteiger partial charge in [0.05, 0.1) is 9.82 Å². The van der Waals surface area contributed by atoms with Gasteiger partial charge >= 0.3 is 5.00 Å². The lowest BCUT2D eigenvalue weighted by Crippen LogP contribution is -2.03. The van der Waals surface area contributed by atoms with E-state index in [4.69, 9.17) is 0 Å². The first-order valence-corrected chi connectivity index (χ1v) is 8.81. The number of benzene rings is 1. The Bertz CT molecular complexity index is 781. The van der Waals surface area contributed by atoms with Crippen LogP contribution in [0.15, 0.2) is 34.5 Å². The first kappa shape index (κ1) is 15.5. The van der Waals surface area contributed by atoms with Gasteiger partial charge in [0.2, 0.25) is 0 Å². The van der Waals surface area contributed by atoms with E-state index in [0.29, 0.717) is 12.2 Å². The maximum Gasteiger partial charge on any atom is 0.324 e. The average Bonchev–Trinajstić information content (AvgIpc) is 2.85. The monoisotopic (exact) mass is 326 g/mol. The zero-order valence-electron chi connectivity index (χ0n) is 11.5. The van der Waals surface area contributed by atoms with Gasteiger partial charge in [-0.3, -0.25) is 10.1 Å². The Morgan fingerprint density at radius 2 is 2.05 bits per heavy atom. The third kappa shape index (κ3) is 3.79. The Kier molecular flexibility index (Phi) is 4.29. The summed E-state index contributed by atoms with van der Waals surface area (Å²) in [5.74, 6) is 0. The van der Waals surface area contributed by atoms with Crippen molar-refractivity contribution in [1.29, 1.82) is 0 Å². The van der Waals surface area contributed by atoms with E-state index in [1.807, 2.05) is 6.92 Å². The van der Waals surface area contributed by atoms with Crippen LogP contribution in [0.4, 0.5) is 10.7 Å². The van der Waals surface area contributed by atoms with E-state index in [1.165, 1.54) is 6.07 Å². The Morgan fingerprint density at radius 3 is 2.62 bits per heavy atom. The zero-order chi connectivity index (χ0) is 15.6. The molecule has 8 heteroatoms. The molecular formula is C13H14N2O4S2. The number of hydrogen-bond donors (Lipinski definition) is 1. The predicted octanol–water partition coefficient (Wildman–Crippen LogP) is 2.98. The molecule has 1 aromatic heterocycles. The molecule has 1 aromatic carbocycles. The van der Waals surface area contributed by atoms with Crippen molar-refractivity contribution < 1.29 is 13.3 Å². The van der Waals surface area contributed by atoms with Gasteiger partial charge in [0.25, 0.3) is 0 Å². The molecule has 0 aliphatic carbocycles. The van der Waals surface area contributed by atoms with Gasteiger partial charge in [0.1, 0.15) is 0 Å². The molecule has 0 aliphatic rings. The fourth-order valence-corrected chi connectivity index (χ4v) is 3.15. The molecule has 0 atom stereocenters. The van der Waals surface area contributed by atoms with Crippen molar-refractivity contribution in [2.45, 2.75) is 18.4 Å². The molecule has 0 saturated heterocycles. The van der Waals surface area contributed by atoms with Gasteiger partial charge in [-0.05, 0) is 30.2 Å². The molecule has 2 aromatic rings. The topological polar surface area (TPSA) is 89.3 Å². The van der Waals surface area contributed by atoms with E-state index in [9.17, 15) is 18.5 Å². The maximum absolute atomic E-state index is 11.5. The van der Waals surface area contributed by atoms with Crippen LogP contribution in [0, 0.1) is 17.0 Å². The Labute approximate surface area is 126 Å². The number of anilines is 1. The number of rotatable bonds is 5. The van der Waals surface area contributed by atoms with Gasteiger partial charge in [0, 0.05) is 29.9 Å². The van der Waals surface area contributed by atoms with Crippen molar-refractivity contribution in [3.63, 3.8) is 0 Å². The first-order chi connectivity index (χ1) is 9.77. The molecule has 0 spiro atoms. The Balaban J connectivity index is 2.17. The van der Waals surface area contributed by atoms with Gasteiger partial charge in [-0.2, -0.15) is 0 Å². The maximum atomic E-state index is 11.5. The molecule has 1 N–H and O–H groups in total. The number of nitrogens with one attached hydrogen (secondary N) is 1. The second kappa shape index (κ2) is 5.82. The van der Waals surface area contributed by atoms with Crippen molar-refractivity contribution in [1.82, 2.24) is 0 Å². The van der Waals surface area contributed by atoms with Crippen molar-refractivity contribution in [3.05, 3.63) is 50.9 Å². The predicted molar refractivity (Wildman–Crippen MR) is 82.6 cm³/mol. The van der Waals surface area contributed by atoms with Crippen LogP contribution in [0.5, 0.6) is 0 Å². The van der Waals surface area contributed by atoms with Crippen LogP contribution in [0.3, 0.4) is 0 Å². The van der Waals surface area contributed by atoms with Gasteiger partial charge in [-0.25, -0.2) is 8.42 Å². The Morgan fingerprint density at radius 1 is 1.33 bits per heavy atom. The molecule has 1 heterocycles. The SMILES string of the molecule is Cc1ccc(S(C)(=O)=O)cc1NCc1csc([N+](=O)[O-])c1. The molecule has 0 unspecified atom stereocenters. The van der Waals surface area contributed by atoms with Crippen LogP contribution in [0.25, 0.3) is 0 Å². The summed E-state index contributed by atoms with van der Waals surface area (Å²) in [6.07, 6.45) is 1.16. The van der Waals surface area contributed by atoms with Crippen molar-refractivity contribution in [3.8, 4) is 0 Å². The van der Waals surface area contributed by atoms with Crippen LogP contribution in [0.1, 0.15) is 11.1 Å². The highest BCUT2D eigenvalue weighted by Gasteiger charge is 2.11. The summed E-state index contributed by atoms with van der Waals surface area (Å²) in [5, 5.41) is 15.5. The van der Waals surface area contributed by atoms with Crippen molar-refractivity contribution in [2.24, 2.45) is 0 Å². The number of nitro groups is 1. The molecule has 6 nitrogen and oxygen atoms in total. The van der Waals surface area contributed by atoms with Crippen LogP contribution in [0.2, 0.25) is 0 Å². The molecular weight excluding hydrogens is 312 g/mol. The molecule has 0 aliphatic heterocycles. The minimum absolute atomic E-state index is 0.0911. The summed E-state index contributed by atoms with van der Waals surface area (Å²) in [5.41, 5.74) is 2.40. The van der Waals surface area contributed by atoms with Crippen LogP contribution < -0.4 is 5.32 Å². The second-order valence-corrected chi connectivity index (χ2v) is 7.56. The number of aryl methyl sites for hydroxylation is 1. The van der Waals surface area contributed by atoms with E-state index < -0.39 is 14.8 Å². The fraction of sp³-hybridized carbons (Fsp3) is 0.231. The summed E-state index contributed by atoms with van der Waals surface area (Å²) < 4.78 is 23.1. The minimum Gasteiger partial charge on any atom is -0.381 e. The summed E-state index contributed by atoms with van der Waals surface area (Å²) >= 11 is 1.07. The quantitative estimate of drug-likeness (QED) is 0.674. The molecule has 112 valence electrons. The van der Waals surface area contributed by atoms with Gasteiger partial charge < -0.3 is 5.32 Å². The van der Waals surface area contributed by atoms with Gasteiger partial charge in [-0.1, -0.05) is 17.4 Å². The van der Waals surface area contributed by atoms with Crippen LogP contribution in [-0.2, 0) is 16.4 Å². The molecule has 0 saturated carbocycles. The van der Waals surface area contributed by atoms with E-state index in [1.54, 1.807) is 23.6 Å². The van der Waals surface area contributed by atoms with E-state index in [0.717, 1.165) is 28.7 Å². The van der Waals surface area contributed by atoms with Crippen LogP contribution in [-0.4, -0.2) is 19.6 Å². The zero-order valence-corrected chi connectivity index (χ0v) is 13.1. The summed E-state index contributed by atoms with van der Waals surface area (Å²) in [6, 6.07) is 6.37. The van der Waals surface area contributed by atoms with E-state index >= 15 is 0 Å². The largest absolute Gasteiger partial charge is 0.381 e. The minimum atomic E-state index is -3.26.